The molecule has 8 heteroatoms. The Bertz CT molecular complexity index is 755. The smallest absolute Gasteiger partial charge is 0.417 e. The number of nitriles is 1. The van der Waals surface area contributed by atoms with Crippen LogP contribution in [0.1, 0.15) is 11.1 Å². The molecule has 0 unspecified atom stereocenters. The van der Waals surface area contributed by atoms with E-state index in [1.807, 2.05) is 0 Å². The van der Waals surface area contributed by atoms with Gasteiger partial charge in [0.1, 0.15) is 16.8 Å². The summed E-state index contributed by atoms with van der Waals surface area (Å²) >= 11 is 1.04. The molecule has 0 spiro atoms. The third-order valence-electron chi connectivity index (χ3n) is 3.15. The zero-order valence-electron chi connectivity index (χ0n) is 12.7. The molecular weight excluding hydrogens is 339 g/mol. The molecule has 0 aliphatic rings. The van der Waals surface area contributed by atoms with E-state index in [0.29, 0.717) is 17.1 Å². The lowest BCUT2D eigenvalue weighted by molar-refractivity contribution is -0.138. The Morgan fingerprint density at radius 1 is 1.29 bits per heavy atom. The lowest BCUT2D eigenvalue weighted by Crippen LogP contribution is -2.11. The van der Waals surface area contributed by atoms with Gasteiger partial charge in [0.05, 0.1) is 23.9 Å². The number of pyridine rings is 1. The molecule has 126 valence electrons. The van der Waals surface area contributed by atoms with Crippen LogP contribution in [0.25, 0.3) is 11.3 Å². The molecule has 24 heavy (non-hydrogen) atoms. The van der Waals surface area contributed by atoms with Crippen LogP contribution in [0.3, 0.4) is 0 Å². The number of rotatable bonds is 5. The Balaban J connectivity index is 2.61. The fourth-order valence-corrected chi connectivity index (χ4v) is 2.80. The number of hydrogen-bond acceptors (Lipinski definition) is 5. The molecule has 0 fully saturated rings. The summed E-state index contributed by atoms with van der Waals surface area (Å²) in [6.07, 6.45) is -4.65. The first-order valence-electron chi connectivity index (χ1n) is 6.90. The van der Waals surface area contributed by atoms with Crippen molar-refractivity contribution >= 4 is 11.8 Å². The first-order valence-corrected chi connectivity index (χ1v) is 7.89. The van der Waals surface area contributed by atoms with Crippen molar-refractivity contribution in [3.8, 4) is 23.1 Å². The van der Waals surface area contributed by atoms with Gasteiger partial charge in [-0.25, -0.2) is 4.98 Å². The van der Waals surface area contributed by atoms with E-state index in [4.69, 9.17) is 15.7 Å². The van der Waals surface area contributed by atoms with Gasteiger partial charge in [0.2, 0.25) is 0 Å². The summed E-state index contributed by atoms with van der Waals surface area (Å²) in [6, 6.07) is 9.01. The van der Waals surface area contributed by atoms with Crippen LogP contribution >= 0.6 is 11.8 Å². The second-order valence-corrected chi connectivity index (χ2v) is 5.79. The average Bonchev–Trinajstić information content (AvgIpc) is 2.58. The van der Waals surface area contributed by atoms with Gasteiger partial charge in [-0.3, -0.25) is 0 Å². The molecule has 2 aromatic rings. The van der Waals surface area contributed by atoms with Crippen LogP contribution < -0.4 is 10.5 Å². The Kier molecular flexibility index (Phi) is 5.70. The van der Waals surface area contributed by atoms with Crippen molar-refractivity contribution in [2.45, 2.75) is 11.2 Å². The Hall–Kier alpha value is -2.24. The molecule has 1 heterocycles. The van der Waals surface area contributed by atoms with Crippen molar-refractivity contribution in [2.24, 2.45) is 5.73 Å². The van der Waals surface area contributed by atoms with Crippen LogP contribution in [0.4, 0.5) is 13.2 Å². The summed E-state index contributed by atoms with van der Waals surface area (Å²) in [5.74, 6) is 0.951. The highest BCUT2D eigenvalue weighted by Gasteiger charge is 2.36. The minimum atomic E-state index is -4.65. The van der Waals surface area contributed by atoms with Crippen LogP contribution in [0.5, 0.6) is 5.75 Å². The SMILES string of the molecule is COc1ccc(-c2cc(C(F)(F)F)c(C#N)c(SCCN)n2)cc1. The second kappa shape index (κ2) is 7.55. The molecule has 0 amide bonds. The van der Waals surface area contributed by atoms with E-state index in [2.05, 4.69) is 4.98 Å². The molecule has 2 N–H and O–H groups in total. The summed E-state index contributed by atoms with van der Waals surface area (Å²) in [5.41, 5.74) is 4.58. The molecule has 2 rings (SSSR count). The molecule has 0 aliphatic carbocycles. The Morgan fingerprint density at radius 2 is 1.96 bits per heavy atom. The van der Waals surface area contributed by atoms with E-state index in [1.165, 1.54) is 7.11 Å². The van der Waals surface area contributed by atoms with Gasteiger partial charge in [0.15, 0.2) is 0 Å². The van der Waals surface area contributed by atoms with Crippen LogP contribution in [-0.2, 0) is 6.18 Å². The number of hydrogen-bond donors (Lipinski definition) is 1. The zero-order chi connectivity index (χ0) is 17.7. The van der Waals surface area contributed by atoms with Crippen LogP contribution in [0.15, 0.2) is 35.4 Å². The normalized spacial score (nSPS) is 11.2. The van der Waals surface area contributed by atoms with E-state index >= 15 is 0 Å². The fraction of sp³-hybridized carbons (Fsp3) is 0.250. The first-order chi connectivity index (χ1) is 11.4. The van der Waals surface area contributed by atoms with E-state index in [9.17, 15) is 13.2 Å². The Labute approximate surface area is 141 Å². The van der Waals surface area contributed by atoms with Gasteiger partial charge in [-0.05, 0) is 30.3 Å². The molecule has 1 aromatic carbocycles. The van der Waals surface area contributed by atoms with Crippen molar-refractivity contribution in [2.75, 3.05) is 19.4 Å². The number of halogens is 3. The molecule has 0 aliphatic heterocycles. The predicted molar refractivity (Wildman–Crippen MR) is 85.7 cm³/mol. The number of alkyl halides is 3. The molecule has 0 radical (unpaired) electrons. The third-order valence-corrected chi connectivity index (χ3v) is 4.15. The predicted octanol–water partition coefficient (Wildman–Crippen LogP) is 3.70. The highest BCUT2D eigenvalue weighted by molar-refractivity contribution is 7.99. The van der Waals surface area contributed by atoms with Gasteiger partial charge in [-0.2, -0.15) is 18.4 Å². The molecule has 4 nitrogen and oxygen atoms in total. The van der Waals surface area contributed by atoms with Crippen LogP contribution in [0, 0.1) is 11.3 Å². The fourth-order valence-electron chi connectivity index (χ4n) is 2.02. The molecule has 0 saturated carbocycles. The summed E-state index contributed by atoms with van der Waals surface area (Å²) in [6.45, 7) is 0.269. The van der Waals surface area contributed by atoms with Gasteiger partial charge < -0.3 is 10.5 Å². The maximum atomic E-state index is 13.3. The minimum Gasteiger partial charge on any atom is -0.497 e. The van der Waals surface area contributed by atoms with E-state index in [0.717, 1.165) is 17.8 Å². The van der Waals surface area contributed by atoms with E-state index < -0.39 is 17.3 Å². The summed E-state index contributed by atoms with van der Waals surface area (Å²) in [7, 11) is 1.50. The maximum absolute atomic E-state index is 13.3. The van der Waals surface area contributed by atoms with Gasteiger partial charge in [-0.1, -0.05) is 0 Å². The standard InChI is InChI=1S/C16H14F3N3OS/c1-23-11-4-2-10(3-5-11)14-8-13(16(17,18)19)12(9-21)15(22-14)24-7-6-20/h2-5,8H,6-7,20H2,1H3. The number of ether oxygens (including phenoxy) is 1. The summed E-state index contributed by atoms with van der Waals surface area (Å²) < 4.78 is 45.0. The highest BCUT2D eigenvalue weighted by Crippen LogP contribution is 2.38. The van der Waals surface area contributed by atoms with Crippen LogP contribution in [0.2, 0.25) is 0 Å². The molecule has 0 saturated heterocycles. The minimum absolute atomic E-state index is 0.0311. The number of benzene rings is 1. The number of aromatic nitrogens is 1. The van der Waals surface area contributed by atoms with E-state index in [1.54, 1.807) is 30.3 Å². The van der Waals surface area contributed by atoms with E-state index in [-0.39, 0.29) is 17.3 Å². The van der Waals surface area contributed by atoms with Crippen molar-refractivity contribution in [3.63, 3.8) is 0 Å². The van der Waals surface area contributed by atoms with Crippen LogP contribution in [-0.4, -0.2) is 24.4 Å². The van der Waals surface area contributed by atoms with Crippen molar-refractivity contribution in [1.29, 1.82) is 5.26 Å². The summed E-state index contributed by atoms with van der Waals surface area (Å²) in [5, 5.41) is 9.17. The molecular formula is C16H14F3N3OS. The quantitative estimate of drug-likeness (QED) is 0.830. The topological polar surface area (TPSA) is 71.9 Å². The number of nitrogens with two attached hydrogens (primary N) is 1. The lowest BCUT2D eigenvalue weighted by atomic mass is 10.1. The van der Waals surface area contributed by atoms with Crippen molar-refractivity contribution < 1.29 is 17.9 Å². The van der Waals surface area contributed by atoms with Gasteiger partial charge in [0.25, 0.3) is 0 Å². The monoisotopic (exact) mass is 353 g/mol. The first kappa shape index (κ1) is 18.1. The highest BCUT2D eigenvalue weighted by atomic mass is 32.2. The second-order valence-electron chi connectivity index (χ2n) is 4.71. The molecule has 0 bridgehead atoms. The molecule has 1 aromatic heterocycles. The Morgan fingerprint density at radius 3 is 2.46 bits per heavy atom. The number of nitrogens with zero attached hydrogens (tertiary/aromatic N) is 2. The largest absolute Gasteiger partial charge is 0.497 e. The summed E-state index contributed by atoms with van der Waals surface area (Å²) in [4.78, 5) is 4.23. The number of methoxy groups -OCH3 is 1. The average molecular weight is 353 g/mol. The number of thioether (sulfide) groups is 1. The van der Waals surface area contributed by atoms with Gasteiger partial charge >= 0.3 is 6.18 Å². The maximum Gasteiger partial charge on any atom is 0.417 e. The van der Waals surface area contributed by atoms with Gasteiger partial charge in [-0.15, -0.1) is 11.8 Å². The third kappa shape index (κ3) is 3.99. The van der Waals surface area contributed by atoms with Crippen molar-refractivity contribution in [3.05, 3.63) is 41.5 Å². The zero-order valence-corrected chi connectivity index (χ0v) is 13.5. The lowest BCUT2D eigenvalue weighted by Gasteiger charge is -2.14. The van der Waals surface area contributed by atoms with Gasteiger partial charge in [0, 0.05) is 17.9 Å². The van der Waals surface area contributed by atoms with Crippen molar-refractivity contribution in [1.82, 2.24) is 4.98 Å². The molecule has 0 atom stereocenters.